The fourth-order valence-corrected chi connectivity index (χ4v) is 4.31. The van der Waals surface area contributed by atoms with Crippen LogP contribution in [-0.4, -0.2) is 35.0 Å². The van der Waals surface area contributed by atoms with E-state index in [4.69, 9.17) is 4.52 Å². The predicted octanol–water partition coefficient (Wildman–Crippen LogP) is 2.30. The van der Waals surface area contributed by atoms with E-state index in [1.807, 2.05) is 0 Å². The van der Waals surface area contributed by atoms with Gasteiger partial charge in [-0.05, 0) is 26.3 Å². The van der Waals surface area contributed by atoms with Gasteiger partial charge in [-0.1, -0.05) is 6.92 Å². The highest BCUT2D eigenvalue weighted by Gasteiger charge is 2.34. The van der Waals surface area contributed by atoms with Crippen LogP contribution < -0.4 is 11.1 Å². The molecule has 0 aliphatic rings. The zero-order valence-electron chi connectivity index (χ0n) is 16.4. The lowest BCUT2D eigenvalue weighted by Crippen LogP contribution is -2.38. The molecule has 160 valence electrons. The van der Waals surface area contributed by atoms with E-state index in [0.717, 1.165) is 10.6 Å². The Morgan fingerprint density at radius 3 is 2.63 bits per heavy atom. The highest BCUT2D eigenvalue weighted by molar-refractivity contribution is 7.52. The summed E-state index contributed by atoms with van der Waals surface area (Å²) in [6.07, 6.45) is 4.11. The van der Waals surface area contributed by atoms with Crippen molar-refractivity contribution in [2.24, 2.45) is 0 Å². The number of nitrogens with zero attached hydrogens (tertiary/aromatic N) is 4. The van der Waals surface area contributed by atoms with Crippen LogP contribution in [0.1, 0.15) is 33.0 Å². The van der Waals surface area contributed by atoms with Gasteiger partial charge in [-0.15, -0.1) is 0 Å². The zero-order chi connectivity index (χ0) is 22.2. The van der Waals surface area contributed by atoms with Gasteiger partial charge < -0.3 is 19.0 Å². The normalized spacial score (nSPS) is 15.6. The highest BCUT2D eigenvalue weighted by Crippen LogP contribution is 2.55. The summed E-state index contributed by atoms with van der Waals surface area (Å²) in [5.41, 5.74) is -2.45. The van der Waals surface area contributed by atoms with Crippen LogP contribution in [0, 0.1) is 10.1 Å². The van der Waals surface area contributed by atoms with E-state index in [2.05, 4.69) is 9.97 Å². The Labute approximate surface area is 169 Å². The summed E-state index contributed by atoms with van der Waals surface area (Å²) in [5, 5.41) is 11.6. The van der Waals surface area contributed by atoms with Crippen molar-refractivity contribution in [3.05, 3.63) is 61.7 Å². The van der Waals surface area contributed by atoms with Gasteiger partial charge in [0.2, 0.25) is 0 Å². The monoisotopic (exact) mass is 437 g/mol. The number of fused-ring (bicyclic) bond motifs is 1. The molecule has 2 aromatic heterocycles. The van der Waals surface area contributed by atoms with Crippen molar-refractivity contribution in [1.82, 2.24) is 19.1 Å². The second-order valence-electron chi connectivity index (χ2n) is 6.73. The number of nitrogens with one attached hydrogen (secondary N) is 1. The van der Waals surface area contributed by atoms with Crippen LogP contribution in [0.5, 0.6) is 0 Å². The number of nitro benzene ring substituents is 1. The van der Waals surface area contributed by atoms with Crippen LogP contribution in [0.15, 0.2) is 40.4 Å². The molecule has 2 N–H and O–H groups in total. The van der Waals surface area contributed by atoms with Gasteiger partial charge in [-0.3, -0.25) is 28.8 Å². The maximum atomic E-state index is 12.8. The molecule has 0 radical (unpaired) electrons. The minimum Gasteiger partial charge on any atom is -0.323 e. The number of H-pyrrole nitrogens is 1. The van der Waals surface area contributed by atoms with Gasteiger partial charge in [-0.2, -0.15) is 0 Å². The van der Waals surface area contributed by atoms with Crippen molar-refractivity contribution in [2.45, 2.75) is 39.1 Å². The number of rotatable bonds is 7. The molecule has 12 nitrogen and oxygen atoms in total. The predicted molar refractivity (Wildman–Crippen MR) is 108 cm³/mol. The minimum absolute atomic E-state index is 0.0310. The van der Waals surface area contributed by atoms with Gasteiger partial charge in [0.1, 0.15) is 11.5 Å². The average Bonchev–Trinajstić information content (AvgIpc) is 3.21. The second kappa shape index (κ2) is 7.98. The SMILES string of the molecule is CCC(C)OP(=O)(O)C(C)n1c(=O)c(=O)[nH]c2cc([N+](=O)[O-])c(-n3ccnc3)cc21. The van der Waals surface area contributed by atoms with Crippen LogP contribution in [0.4, 0.5) is 5.69 Å². The summed E-state index contributed by atoms with van der Waals surface area (Å²) >= 11 is 0. The van der Waals surface area contributed by atoms with E-state index in [1.54, 1.807) is 13.8 Å². The van der Waals surface area contributed by atoms with Crippen molar-refractivity contribution in [3.8, 4) is 5.69 Å². The first-order valence-electron chi connectivity index (χ1n) is 9.03. The summed E-state index contributed by atoms with van der Waals surface area (Å²) < 4.78 is 20.2. The van der Waals surface area contributed by atoms with Crippen molar-refractivity contribution in [2.75, 3.05) is 0 Å². The fourth-order valence-electron chi connectivity index (χ4n) is 2.95. The molecule has 3 rings (SSSR count). The molecule has 0 saturated carbocycles. The summed E-state index contributed by atoms with van der Waals surface area (Å²) in [6, 6.07) is 2.37. The Morgan fingerprint density at radius 1 is 1.37 bits per heavy atom. The minimum atomic E-state index is -4.38. The number of imidazole rings is 1. The molecule has 0 saturated heterocycles. The van der Waals surface area contributed by atoms with E-state index in [9.17, 15) is 29.2 Å². The van der Waals surface area contributed by atoms with Gasteiger partial charge in [0.15, 0.2) is 0 Å². The van der Waals surface area contributed by atoms with Gasteiger partial charge in [0.25, 0.3) is 5.69 Å². The average molecular weight is 437 g/mol. The Bertz CT molecular complexity index is 1260. The third kappa shape index (κ3) is 3.84. The topological polar surface area (TPSA) is 162 Å². The maximum absolute atomic E-state index is 12.8. The van der Waals surface area contributed by atoms with Gasteiger partial charge >= 0.3 is 18.7 Å². The fraction of sp³-hybridized carbons (Fsp3) is 0.353. The summed E-state index contributed by atoms with van der Waals surface area (Å²) in [6.45, 7) is 4.65. The third-order valence-electron chi connectivity index (χ3n) is 4.74. The van der Waals surface area contributed by atoms with E-state index < -0.39 is 35.5 Å². The number of hydrogen-bond acceptors (Lipinski definition) is 7. The lowest BCUT2D eigenvalue weighted by Gasteiger charge is -2.24. The molecule has 0 aliphatic carbocycles. The summed E-state index contributed by atoms with van der Waals surface area (Å²) in [5.74, 6) is -1.42. The maximum Gasteiger partial charge on any atom is 0.350 e. The Morgan fingerprint density at radius 2 is 2.07 bits per heavy atom. The highest BCUT2D eigenvalue weighted by atomic mass is 31.2. The molecular formula is C17H20N5O7P. The molecule has 2 heterocycles. The van der Waals surface area contributed by atoms with Gasteiger partial charge in [-0.25, -0.2) is 4.98 Å². The lowest BCUT2D eigenvalue weighted by molar-refractivity contribution is -0.384. The summed E-state index contributed by atoms with van der Waals surface area (Å²) in [4.78, 5) is 52.3. The van der Waals surface area contributed by atoms with Gasteiger partial charge in [0, 0.05) is 18.5 Å². The Kier molecular flexibility index (Phi) is 5.75. The van der Waals surface area contributed by atoms with Crippen molar-refractivity contribution in [3.63, 3.8) is 0 Å². The van der Waals surface area contributed by atoms with Crippen molar-refractivity contribution >= 4 is 24.3 Å². The van der Waals surface area contributed by atoms with Crippen LogP contribution in [0.25, 0.3) is 16.7 Å². The van der Waals surface area contributed by atoms with Crippen molar-refractivity contribution < 1.29 is 18.9 Å². The van der Waals surface area contributed by atoms with E-state index in [0.29, 0.717) is 6.42 Å². The smallest absolute Gasteiger partial charge is 0.323 e. The number of aromatic nitrogens is 4. The molecule has 0 fully saturated rings. The second-order valence-corrected chi connectivity index (χ2v) is 8.82. The molecule has 3 unspecified atom stereocenters. The van der Waals surface area contributed by atoms with E-state index in [-0.39, 0.29) is 22.4 Å². The third-order valence-corrected chi connectivity index (χ3v) is 6.58. The summed E-state index contributed by atoms with van der Waals surface area (Å²) in [7, 11) is -4.38. The molecule has 3 atom stereocenters. The number of aromatic amines is 1. The molecule has 0 amide bonds. The van der Waals surface area contributed by atoms with Crippen LogP contribution in [0.2, 0.25) is 0 Å². The zero-order valence-corrected chi connectivity index (χ0v) is 17.3. The lowest BCUT2D eigenvalue weighted by atomic mass is 10.2. The largest absolute Gasteiger partial charge is 0.350 e. The standard InChI is InChI=1S/C17H20N5O7P/c1-4-10(2)29-30(27,28)11(3)21-13-8-14(20-6-5-18-9-20)15(22(25)26)7-12(13)19-16(23)17(21)24/h5-11H,4H2,1-3H3,(H,19,23)(H,27,28). The number of benzene rings is 1. The quantitative estimate of drug-likeness (QED) is 0.246. The number of hydrogen-bond donors (Lipinski definition) is 2. The number of nitro groups is 1. The molecule has 0 spiro atoms. The molecule has 3 aromatic rings. The Hall–Kier alpha value is -3.08. The molecule has 1 aromatic carbocycles. The molecule has 0 aliphatic heterocycles. The molecule has 0 bridgehead atoms. The molecular weight excluding hydrogens is 417 g/mol. The van der Waals surface area contributed by atoms with Crippen LogP contribution in [-0.2, 0) is 9.09 Å². The Balaban J connectivity index is 2.34. The first kappa shape index (κ1) is 21.6. The first-order chi connectivity index (χ1) is 14.1. The van der Waals surface area contributed by atoms with E-state index in [1.165, 1.54) is 36.3 Å². The van der Waals surface area contributed by atoms with E-state index >= 15 is 0 Å². The van der Waals surface area contributed by atoms with Crippen LogP contribution >= 0.6 is 7.60 Å². The molecule has 30 heavy (non-hydrogen) atoms. The molecule has 13 heteroatoms. The van der Waals surface area contributed by atoms with Crippen LogP contribution in [0.3, 0.4) is 0 Å². The van der Waals surface area contributed by atoms with Crippen molar-refractivity contribution in [1.29, 1.82) is 0 Å². The van der Waals surface area contributed by atoms with Gasteiger partial charge in [0.05, 0.1) is 28.4 Å². The first-order valence-corrected chi connectivity index (χ1v) is 10.7.